The third kappa shape index (κ3) is 5.04. The number of anilines is 2. The summed E-state index contributed by atoms with van der Waals surface area (Å²) < 4.78 is 5.58. The lowest BCUT2D eigenvalue weighted by atomic mass is 9.67. The van der Waals surface area contributed by atoms with Crippen LogP contribution in [0.4, 0.5) is 11.9 Å². The summed E-state index contributed by atoms with van der Waals surface area (Å²) in [4.78, 5) is 27.8. The molecule has 0 saturated carbocycles. The minimum Gasteiger partial charge on any atom is -0.378 e. The maximum Gasteiger partial charge on any atom is 0.231 e. The van der Waals surface area contributed by atoms with Gasteiger partial charge in [0, 0.05) is 24.2 Å². The molecule has 1 aromatic rings. The normalized spacial score (nSPS) is 31.4. The van der Waals surface area contributed by atoms with E-state index in [1.165, 1.54) is 6.42 Å². The zero-order chi connectivity index (χ0) is 29.1. The van der Waals surface area contributed by atoms with E-state index >= 15 is 0 Å². The number of nitrogens with zero attached hydrogens (tertiary/aromatic N) is 8. The Labute approximate surface area is 242 Å². The molecule has 4 bridgehead atoms. The van der Waals surface area contributed by atoms with Crippen LogP contribution in [0, 0.1) is 6.92 Å². The van der Waals surface area contributed by atoms with E-state index in [9.17, 15) is 5.73 Å². The Bertz CT molecular complexity index is 1110. The van der Waals surface area contributed by atoms with Crippen LogP contribution in [-0.2, 0) is 4.74 Å². The van der Waals surface area contributed by atoms with Gasteiger partial charge in [0.25, 0.3) is 0 Å². The molecule has 0 aromatic carbocycles. The number of rotatable bonds is 7. The number of hydrogen-bond donors (Lipinski definition) is 0. The molecule has 3 atom stereocenters. The van der Waals surface area contributed by atoms with Crippen LogP contribution < -0.4 is 15.5 Å². The molecule has 9 nitrogen and oxygen atoms in total. The number of ether oxygens (including phenoxy) is 1. The third-order valence-electron chi connectivity index (χ3n) is 9.91. The first-order chi connectivity index (χ1) is 18.7. The van der Waals surface area contributed by atoms with Gasteiger partial charge in [-0.05, 0) is 81.2 Å². The summed E-state index contributed by atoms with van der Waals surface area (Å²) in [5.41, 5.74) is 11.5. The number of piperidine rings is 2. The average Bonchev–Trinajstić information content (AvgIpc) is 2.84. The second-order valence-corrected chi connectivity index (χ2v) is 14.6. The van der Waals surface area contributed by atoms with E-state index < -0.39 is 6.04 Å². The standard InChI is InChI=1S/C31H51N8O/c1-10-11-12-13-14-38-28(2,3)19-21(32)24(31(38,8)9)33-22-20-29(4,5)39-27-35-25(23(22)30(39,6)7)34-26(36-27)37-15-17-40-18-16-37/h21-23H,1,10-20H2,2-9H3. The van der Waals surface area contributed by atoms with Crippen molar-refractivity contribution in [3.8, 4) is 0 Å². The Hall–Kier alpha value is -1.84. The Morgan fingerprint density at radius 3 is 2.25 bits per heavy atom. The number of unbranched alkanes of at least 4 members (excludes halogenated alkanes) is 3. The van der Waals surface area contributed by atoms with Crippen LogP contribution in [0.25, 0.3) is 0 Å². The van der Waals surface area contributed by atoms with E-state index in [-0.39, 0.29) is 34.1 Å². The van der Waals surface area contributed by atoms with Crippen molar-refractivity contribution in [2.45, 2.75) is 134 Å². The van der Waals surface area contributed by atoms with E-state index in [1.54, 1.807) is 0 Å². The molecule has 3 unspecified atom stereocenters. The second-order valence-electron chi connectivity index (χ2n) is 14.6. The van der Waals surface area contributed by atoms with Crippen molar-refractivity contribution in [3.05, 3.63) is 12.7 Å². The number of fused-ring (bicyclic) bond motifs is 6. The predicted molar refractivity (Wildman–Crippen MR) is 161 cm³/mol. The molecule has 3 saturated heterocycles. The molecule has 0 N–H and O–H groups in total. The first kappa shape index (κ1) is 29.6. The van der Waals surface area contributed by atoms with Crippen LogP contribution in [0.3, 0.4) is 0 Å². The Balaban J connectivity index is 1.54. The van der Waals surface area contributed by atoms with Crippen molar-refractivity contribution >= 4 is 17.6 Å². The van der Waals surface area contributed by atoms with E-state index in [0.29, 0.717) is 19.6 Å². The Kier molecular flexibility index (Phi) is 7.75. The van der Waals surface area contributed by atoms with E-state index in [0.717, 1.165) is 68.8 Å². The largest absolute Gasteiger partial charge is 0.378 e. The van der Waals surface area contributed by atoms with Gasteiger partial charge in [-0.3, -0.25) is 9.89 Å². The summed E-state index contributed by atoms with van der Waals surface area (Å²) >= 11 is 0. The van der Waals surface area contributed by atoms with Crippen molar-refractivity contribution in [1.82, 2.24) is 25.6 Å². The number of aliphatic imine (C=N–C) groups is 1. The molecular weight excluding hydrogens is 500 g/mol. The molecule has 4 aliphatic rings. The lowest BCUT2D eigenvalue weighted by Crippen LogP contribution is -2.70. The predicted octanol–water partition coefficient (Wildman–Crippen LogP) is 4.48. The first-order valence-electron chi connectivity index (χ1n) is 15.4. The minimum absolute atomic E-state index is 0.00763. The number of hydrogen-bond acceptors (Lipinski definition) is 8. The summed E-state index contributed by atoms with van der Waals surface area (Å²) in [6.45, 7) is 26.1. The maximum absolute atomic E-state index is 11.6. The monoisotopic (exact) mass is 551 g/mol. The van der Waals surface area contributed by atoms with Crippen LogP contribution in [0.5, 0.6) is 0 Å². The van der Waals surface area contributed by atoms with Crippen molar-refractivity contribution in [2.24, 2.45) is 4.99 Å². The van der Waals surface area contributed by atoms with Crippen molar-refractivity contribution in [2.75, 3.05) is 42.6 Å². The highest BCUT2D eigenvalue weighted by Gasteiger charge is 2.58. The summed E-state index contributed by atoms with van der Waals surface area (Å²) in [5.74, 6) is 2.32. The Morgan fingerprint density at radius 2 is 1.57 bits per heavy atom. The fourth-order valence-corrected chi connectivity index (χ4v) is 8.37. The molecule has 5 heterocycles. The number of likely N-dealkylation sites (tertiary alicyclic amines) is 1. The fourth-order valence-electron chi connectivity index (χ4n) is 8.37. The van der Waals surface area contributed by atoms with E-state index in [4.69, 9.17) is 24.7 Å². The molecular formula is C31H51N8O. The fraction of sp³-hybridized carbons (Fsp3) is 0.839. The molecule has 5 rings (SSSR count). The molecule has 3 fully saturated rings. The maximum atomic E-state index is 11.6. The van der Waals surface area contributed by atoms with Crippen molar-refractivity contribution < 1.29 is 4.74 Å². The summed E-state index contributed by atoms with van der Waals surface area (Å²) in [6, 6.07) is -0.626. The van der Waals surface area contributed by atoms with Gasteiger partial charge < -0.3 is 14.5 Å². The smallest absolute Gasteiger partial charge is 0.231 e. The van der Waals surface area contributed by atoms with Crippen LogP contribution in [0.1, 0.15) is 106 Å². The molecule has 221 valence electrons. The first-order valence-corrected chi connectivity index (χ1v) is 15.4. The second kappa shape index (κ2) is 10.5. The SMILES string of the molecule is [CH2]CCCCCN1C(C)(C)CC([N])C(=NC2CC(C)(C)N3c4nc(nc(N5CCOCC5)n4)C2C3(C)C)C1(C)C. The van der Waals surface area contributed by atoms with Gasteiger partial charge in [0.15, 0.2) is 0 Å². The molecule has 9 heteroatoms. The van der Waals surface area contributed by atoms with Gasteiger partial charge in [0.1, 0.15) is 5.82 Å². The minimum atomic E-state index is -0.577. The van der Waals surface area contributed by atoms with Gasteiger partial charge in [-0.1, -0.05) is 26.2 Å². The lowest BCUT2D eigenvalue weighted by molar-refractivity contribution is 0.0248. The highest BCUT2D eigenvalue weighted by atomic mass is 16.5. The number of morpholine rings is 1. The zero-order valence-electron chi connectivity index (χ0n) is 26.2. The average molecular weight is 552 g/mol. The summed E-state index contributed by atoms with van der Waals surface area (Å²) in [7, 11) is 0. The van der Waals surface area contributed by atoms with Gasteiger partial charge in [-0.25, -0.2) is 0 Å². The molecule has 4 aliphatic heterocycles. The number of aromatic nitrogens is 3. The lowest BCUT2D eigenvalue weighted by Gasteiger charge is -2.60. The van der Waals surface area contributed by atoms with Gasteiger partial charge in [-0.2, -0.15) is 15.0 Å². The molecule has 0 aliphatic carbocycles. The van der Waals surface area contributed by atoms with Crippen LogP contribution in [-0.4, -0.2) is 92.7 Å². The molecule has 0 amide bonds. The third-order valence-corrected chi connectivity index (χ3v) is 9.91. The van der Waals surface area contributed by atoms with Crippen LogP contribution in [0.15, 0.2) is 4.99 Å². The quantitative estimate of drug-likeness (QED) is 0.462. The Morgan fingerprint density at radius 1 is 0.900 bits per heavy atom. The summed E-state index contributed by atoms with van der Waals surface area (Å²) in [5, 5.41) is 0. The zero-order valence-corrected chi connectivity index (χ0v) is 26.2. The van der Waals surface area contributed by atoms with Crippen molar-refractivity contribution in [1.29, 1.82) is 0 Å². The summed E-state index contributed by atoms with van der Waals surface area (Å²) in [6.07, 6.45) is 5.97. The highest BCUT2D eigenvalue weighted by molar-refractivity contribution is 5.98. The van der Waals surface area contributed by atoms with Gasteiger partial charge >= 0.3 is 0 Å². The van der Waals surface area contributed by atoms with E-state index in [2.05, 4.69) is 77.0 Å². The molecule has 0 spiro atoms. The topological polar surface area (TPSA) is 92.3 Å². The molecule has 3 radical (unpaired) electrons. The van der Waals surface area contributed by atoms with Gasteiger partial charge in [0.05, 0.1) is 48.0 Å². The van der Waals surface area contributed by atoms with Gasteiger partial charge in [0.2, 0.25) is 11.9 Å². The van der Waals surface area contributed by atoms with Crippen molar-refractivity contribution in [3.63, 3.8) is 0 Å². The van der Waals surface area contributed by atoms with Gasteiger partial charge in [-0.15, -0.1) is 5.73 Å². The van der Waals surface area contributed by atoms with Crippen LogP contribution >= 0.6 is 0 Å². The van der Waals surface area contributed by atoms with E-state index in [1.807, 2.05) is 0 Å². The molecule has 1 aromatic heterocycles. The highest BCUT2D eigenvalue weighted by Crippen LogP contribution is 2.52. The molecule has 40 heavy (non-hydrogen) atoms. The van der Waals surface area contributed by atoms with Crippen LogP contribution in [0.2, 0.25) is 0 Å².